The summed E-state index contributed by atoms with van der Waals surface area (Å²) in [5.41, 5.74) is 1.95. The molecule has 68 valence electrons. The molecule has 1 aromatic heterocycles. The summed E-state index contributed by atoms with van der Waals surface area (Å²) in [4.78, 5) is 8.33. The van der Waals surface area contributed by atoms with Crippen LogP contribution in [0.4, 0.5) is 0 Å². The highest BCUT2D eigenvalue weighted by Gasteiger charge is 2.51. The van der Waals surface area contributed by atoms with Gasteiger partial charge in [-0.05, 0) is 37.2 Å². The Morgan fingerprint density at radius 2 is 2.23 bits per heavy atom. The van der Waals surface area contributed by atoms with E-state index in [1.54, 1.807) is 6.33 Å². The van der Waals surface area contributed by atoms with E-state index in [1.807, 2.05) is 6.20 Å². The highest BCUT2D eigenvalue weighted by Crippen LogP contribution is 2.63. The first-order valence-electron chi connectivity index (χ1n) is 5.17. The van der Waals surface area contributed by atoms with E-state index < -0.39 is 0 Å². The molecule has 0 bridgehead atoms. The van der Waals surface area contributed by atoms with Crippen LogP contribution in [0.1, 0.15) is 43.7 Å². The minimum atomic E-state index is 0.675. The van der Waals surface area contributed by atoms with Gasteiger partial charge in [0.05, 0.1) is 0 Å². The Morgan fingerprint density at radius 1 is 1.31 bits per heavy atom. The highest BCUT2D eigenvalue weighted by molar-refractivity contribution is 5.18. The molecule has 2 heteroatoms. The number of rotatable bonds is 1. The molecule has 0 N–H and O–H groups in total. The summed E-state index contributed by atoms with van der Waals surface area (Å²) >= 11 is 0. The lowest BCUT2D eigenvalue weighted by atomic mass is 9.49. The van der Waals surface area contributed by atoms with Crippen LogP contribution in [-0.2, 0) is 0 Å². The minimum absolute atomic E-state index is 0.675. The third-order valence-corrected chi connectivity index (χ3v) is 3.98. The largest absolute Gasteiger partial charge is 0.245 e. The Labute approximate surface area is 78.4 Å². The van der Waals surface area contributed by atoms with Crippen molar-refractivity contribution in [1.29, 1.82) is 0 Å². The maximum atomic E-state index is 4.37. The van der Waals surface area contributed by atoms with Crippen molar-refractivity contribution in [3.63, 3.8) is 0 Å². The molecule has 1 unspecified atom stereocenters. The summed E-state index contributed by atoms with van der Waals surface area (Å²) < 4.78 is 0. The minimum Gasteiger partial charge on any atom is -0.245 e. The first kappa shape index (κ1) is 7.48. The molecule has 0 radical (unpaired) electrons. The van der Waals surface area contributed by atoms with Crippen molar-refractivity contribution >= 4 is 0 Å². The van der Waals surface area contributed by atoms with Gasteiger partial charge in [0.15, 0.2) is 0 Å². The normalized spacial score (nSPS) is 29.4. The van der Waals surface area contributed by atoms with E-state index in [-0.39, 0.29) is 0 Å². The van der Waals surface area contributed by atoms with Crippen LogP contribution in [0, 0.1) is 5.41 Å². The van der Waals surface area contributed by atoms with E-state index in [2.05, 4.69) is 16.0 Å². The molecule has 0 aliphatic heterocycles. The van der Waals surface area contributed by atoms with Crippen LogP contribution in [-0.4, -0.2) is 9.97 Å². The number of hydrogen-bond donors (Lipinski definition) is 0. The van der Waals surface area contributed by atoms with Crippen molar-refractivity contribution in [2.45, 2.75) is 38.0 Å². The molecular formula is C11H14N2. The van der Waals surface area contributed by atoms with E-state index in [4.69, 9.17) is 0 Å². The Balaban J connectivity index is 1.87. The summed E-state index contributed by atoms with van der Waals surface area (Å²) in [5, 5.41) is 0. The average molecular weight is 174 g/mol. The van der Waals surface area contributed by atoms with Crippen molar-refractivity contribution in [2.24, 2.45) is 5.41 Å². The molecule has 13 heavy (non-hydrogen) atoms. The van der Waals surface area contributed by atoms with Gasteiger partial charge in [0.1, 0.15) is 6.33 Å². The Hall–Kier alpha value is -0.920. The van der Waals surface area contributed by atoms with E-state index in [9.17, 15) is 0 Å². The zero-order valence-electron chi connectivity index (χ0n) is 7.74. The first-order chi connectivity index (χ1) is 6.41. The summed E-state index contributed by atoms with van der Waals surface area (Å²) in [6.45, 7) is 0. The van der Waals surface area contributed by atoms with Gasteiger partial charge in [0.2, 0.25) is 0 Å². The third kappa shape index (κ3) is 0.946. The first-order valence-corrected chi connectivity index (χ1v) is 5.17. The topological polar surface area (TPSA) is 25.8 Å². The third-order valence-electron chi connectivity index (χ3n) is 3.98. The van der Waals surface area contributed by atoms with Gasteiger partial charge < -0.3 is 0 Å². The van der Waals surface area contributed by atoms with Gasteiger partial charge in [-0.3, -0.25) is 0 Å². The predicted molar refractivity (Wildman–Crippen MR) is 50.3 cm³/mol. The molecule has 3 rings (SSSR count). The van der Waals surface area contributed by atoms with Gasteiger partial charge in [-0.15, -0.1) is 0 Å². The molecule has 1 aromatic rings. The molecule has 2 aliphatic carbocycles. The maximum absolute atomic E-state index is 4.37. The highest BCUT2D eigenvalue weighted by atomic mass is 14.8. The molecule has 2 aliphatic rings. The van der Waals surface area contributed by atoms with Crippen molar-refractivity contribution in [3.8, 4) is 0 Å². The van der Waals surface area contributed by atoms with Gasteiger partial charge in [-0.1, -0.05) is 6.42 Å². The smallest absolute Gasteiger partial charge is 0.115 e. The Kier molecular flexibility index (Phi) is 1.46. The quantitative estimate of drug-likeness (QED) is 0.653. The van der Waals surface area contributed by atoms with Crippen LogP contribution < -0.4 is 0 Å². The molecule has 2 fully saturated rings. The summed E-state index contributed by atoms with van der Waals surface area (Å²) in [7, 11) is 0. The molecule has 2 saturated carbocycles. The molecule has 1 spiro atoms. The van der Waals surface area contributed by atoms with Crippen LogP contribution in [0.3, 0.4) is 0 Å². The monoisotopic (exact) mass is 174 g/mol. The van der Waals surface area contributed by atoms with E-state index in [0.717, 1.165) is 5.92 Å². The zero-order chi connectivity index (χ0) is 8.73. The second kappa shape index (κ2) is 2.53. The second-order valence-corrected chi connectivity index (χ2v) is 4.44. The molecule has 0 saturated heterocycles. The summed E-state index contributed by atoms with van der Waals surface area (Å²) in [6, 6.07) is 2.09. The SMILES string of the molecule is c1cc(C2CCC23CCC3)ncn1. The lowest BCUT2D eigenvalue weighted by Crippen LogP contribution is -2.44. The van der Waals surface area contributed by atoms with Crippen molar-refractivity contribution in [2.75, 3.05) is 0 Å². The van der Waals surface area contributed by atoms with Gasteiger partial charge in [0.25, 0.3) is 0 Å². The lowest BCUT2D eigenvalue weighted by Gasteiger charge is -2.55. The Bertz CT molecular complexity index is 298. The molecule has 1 heterocycles. The van der Waals surface area contributed by atoms with Gasteiger partial charge >= 0.3 is 0 Å². The maximum Gasteiger partial charge on any atom is 0.115 e. The molecular weight excluding hydrogens is 160 g/mol. The molecule has 1 atom stereocenters. The van der Waals surface area contributed by atoms with Gasteiger partial charge in [-0.25, -0.2) is 9.97 Å². The van der Waals surface area contributed by atoms with Crippen molar-refractivity contribution in [1.82, 2.24) is 9.97 Å². The average Bonchev–Trinajstić information content (AvgIpc) is 2.01. The molecule has 0 aromatic carbocycles. The van der Waals surface area contributed by atoms with E-state index in [0.29, 0.717) is 5.41 Å². The fourth-order valence-electron chi connectivity index (χ4n) is 2.89. The van der Waals surface area contributed by atoms with Crippen molar-refractivity contribution < 1.29 is 0 Å². The lowest BCUT2D eigenvalue weighted by molar-refractivity contribution is -0.00401. The van der Waals surface area contributed by atoms with E-state index >= 15 is 0 Å². The van der Waals surface area contributed by atoms with Gasteiger partial charge in [0, 0.05) is 17.8 Å². The standard InChI is InChI=1S/C11H14N2/c1-4-11(5-1)6-2-9(11)10-3-7-12-8-13-10/h3,7-9H,1-2,4-6H2. The van der Waals surface area contributed by atoms with Gasteiger partial charge in [-0.2, -0.15) is 0 Å². The number of aromatic nitrogens is 2. The van der Waals surface area contributed by atoms with Crippen LogP contribution in [0.5, 0.6) is 0 Å². The van der Waals surface area contributed by atoms with Crippen molar-refractivity contribution in [3.05, 3.63) is 24.3 Å². The second-order valence-electron chi connectivity index (χ2n) is 4.44. The molecule has 2 nitrogen and oxygen atoms in total. The predicted octanol–water partition coefficient (Wildman–Crippen LogP) is 2.52. The fourth-order valence-corrected chi connectivity index (χ4v) is 2.89. The number of nitrogens with zero attached hydrogens (tertiary/aromatic N) is 2. The summed E-state index contributed by atoms with van der Waals surface area (Å²) in [5.74, 6) is 0.754. The number of hydrogen-bond acceptors (Lipinski definition) is 2. The van der Waals surface area contributed by atoms with Crippen LogP contribution in [0.2, 0.25) is 0 Å². The Morgan fingerprint density at radius 3 is 2.69 bits per heavy atom. The zero-order valence-corrected chi connectivity index (χ0v) is 7.74. The summed E-state index contributed by atoms with van der Waals surface area (Å²) in [6.07, 6.45) is 10.6. The molecule has 0 amide bonds. The van der Waals surface area contributed by atoms with Crippen LogP contribution in [0.15, 0.2) is 18.6 Å². The van der Waals surface area contributed by atoms with Crippen LogP contribution in [0.25, 0.3) is 0 Å². The van der Waals surface area contributed by atoms with Crippen LogP contribution >= 0.6 is 0 Å². The van der Waals surface area contributed by atoms with E-state index in [1.165, 1.54) is 37.8 Å². The fraction of sp³-hybridized carbons (Fsp3) is 0.636.